The number of fused-ring (bicyclic) bond motifs is 3. The summed E-state index contributed by atoms with van der Waals surface area (Å²) >= 11 is 0. The van der Waals surface area contributed by atoms with Crippen LogP contribution in [-0.4, -0.2) is 41.0 Å². The Kier molecular flexibility index (Phi) is 6.93. The van der Waals surface area contributed by atoms with Gasteiger partial charge in [0.05, 0.1) is 19.9 Å². The average molecular weight is 488 g/mol. The minimum absolute atomic E-state index is 0.203. The van der Waals surface area contributed by atoms with Crippen LogP contribution in [0.4, 0.5) is 0 Å². The second-order valence-electron chi connectivity index (χ2n) is 9.95. The molecule has 1 aliphatic heterocycles. The molecule has 0 spiro atoms. The van der Waals surface area contributed by atoms with Crippen LogP contribution in [0.1, 0.15) is 50.6 Å². The average Bonchev–Trinajstić information content (AvgIpc) is 3.32. The zero-order chi connectivity index (χ0) is 26.0. The van der Waals surface area contributed by atoms with Crippen LogP contribution in [0, 0.1) is 0 Å². The topological polar surface area (TPSA) is 72.8 Å². The van der Waals surface area contributed by atoms with E-state index in [1.165, 1.54) is 0 Å². The number of carbonyl (C=O) groups is 2. The van der Waals surface area contributed by atoms with Crippen molar-refractivity contribution in [1.29, 1.82) is 0 Å². The molecule has 2 heterocycles. The van der Waals surface area contributed by atoms with E-state index >= 15 is 0 Å². The second-order valence-corrected chi connectivity index (χ2v) is 9.95. The van der Waals surface area contributed by atoms with E-state index < -0.39 is 11.6 Å². The van der Waals surface area contributed by atoms with E-state index in [1.54, 1.807) is 31.3 Å². The van der Waals surface area contributed by atoms with E-state index in [1.807, 2.05) is 87.0 Å². The van der Waals surface area contributed by atoms with Crippen molar-refractivity contribution in [3.8, 4) is 17.2 Å². The molecule has 0 fully saturated rings. The quantitative estimate of drug-likeness (QED) is 0.556. The molecular formula is C29H33N3O4. The minimum Gasteiger partial charge on any atom is -0.493 e. The predicted octanol–water partition coefficient (Wildman–Crippen LogP) is 4.90. The van der Waals surface area contributed by atoms with Crippen LogP contribution in [0.15, 0.2) is 66.9 Å². The van der Waals surface area contributed by atoms with Crippen LogP contribution in [0.5, 0.6) is 11.5 Å². The minimum atomic E-state index is -0.863. The number of carbonyl (C=O) groups excluding carboxylic acids is 2. The summed E-state index contributed by atoms with van der Waals surface area (Å²) in [6, 6.07) is 16.3. The molecule has 0 bridgehead atoms. The number of ether oxygens (including phenoxy) is 2. The lowest BCUT2D eigenvalue weighted by Crippen LogP contribution is -2.49. The van der Waals surface area contributed by atoms with Crippen molar-refractivity contribution in [3.63, 3.8) is 0 Å². The summed E-state index contributed by atoms with van der Waals surface area (Å²) in [4.78, 5) is 29.3. The highest BCUT2D eigenvalue weighted by molar-refractivity contribution is 5.99. The van der Waals surface area contributed by atoms with E-state index in [4.69, 9.17) is 9.47 Å². The zero-order valence-corrected chi connectivity index (χ0v) is 21.7. The van der Waals surface area contributed by atoms with Crippen molar-refractivity contribution in [2.75, 3.05) is 14.2 Å². The van der Waals surface area contributed by atoms with E-state index in [0.717, 1.165) is 28.1 Å². The largest absolute Gasteiger partial charge is 0.493 e. The molecule has 0 saturated heterocycles. The highest BCUT2D eigenvalue weighted by atomic mass is 16.5. The number of methoxy groups -OCH3 is 2. The molecule has 3 aromatic rings. The van der Waals surface area contributed by atoms with Gasteiger partial charge in [-0.05, 0) is 69.2 Å². The normalized spacial score (nSPS) is 17.1. The Morgan fingerprint density at radius 2 is 1.72 bits per heavy atom. The third-order valence-electron chi connectivity index (χ3n) is 6.13. The number of nitrogens with one attached hydrogen (secondary N) is 1. The number of nitrogens with zero attached hydrogens (tertiary/aromatic N) is 2. The fraction of sp³-hybridized carbons (Fsp3) is 0.310. The summed E-state index contributed by atoms with van der Waals surface area (Å²) in [5.41, 5.74) is 3.65. The molecule has 0 saturated carbocycles. The Balaban J connectivity index is 1.91. The number of amides is 2. The van der Waals surface area contributed by atoms with Crippen LogP contribution in [0.25, 0.3) is 11.3 Å². The molecule has 7 heteroatoms. The molecular weight excluding hydrogens is 454 g/mol. The summed E-state index contributed by atoms with van der Waals surface area (Å²) in [5.74, 6) is 0.663. The summed E-state index contributed by atoms with van der Waals surface area (Å²) in [5, 5.41) is 3.10. The van der Waals surface area contributed by atoms with Gasteiger partial charge in [0.2, 0.25) is 11.8 Å². The molecule has 1 aromatic heterocycles. The first-order valence-electron chi connectivity index (χ1n) is 11.9. The maximum Gasteiger partial charge on any atom is 0.248 e. The third kappa shape index (κ3) is 5.00. The number of hydrogen-bond acceptors (Lipinski definition) is 4. The van der Waals surface area contributed by atoms with Crippen LogP contribution < -0.4 is 14.8 Å². The molecule has 0 aliphatic carbocycles. The van der Waals surface area contributed by atoms with Crippen LogP contribution in [0.2, 0.25) is 0 Å². The number of para-hydroxylation sites is 1. The molecule has 2 aromatic carbocycles. The summed E-state index contributed by atoms with van der Waals surface area (Å²) in [6.07, 6.45) is 3.56. The Bertz CT molecular complexity index is 1320. The first-order chi connectivity index (χ1) is 17.1. The summed E-state index contributed by atoms with van der Waals surface area (Å²) < 4.78 is 12.9. The van der Waals surface area contributed by atoms with E-state index in [2.05, 4.69) is 5.32 Å². The second kappa shape index (κ2) is 9.93. The van der Waals surface area contributed by atoms with Gasteiger partial charge in [-0.2, -0.15) is 0 Å². The van der Waals surface area contributed by atoms with Crippen molar-refractivity contribution in [2.24, 2.45) is 0 Å². The van der Waals surface area contributed by atoms with Crippen molar-refractivity contribution in [3.05, 3.63) is 83.7 Å². The Hall–Kier alpha value is -4.00. The van der Waals surface area contributed by atoms with Gasteiger partial charge in [-0.3, -0.25) is 9.59 Å². The standard InChI is InChI=1S/C29H33N3O4/c1-19-16-26(33)32(18-20-13-14-24(35-5)25(17-20)36-6)27(28(34)30-29(2,3)4)21-10-7-8-11-23(21)31-15-9-12-22(19)31/h7-17,27H,18H2,1-6H3,(H,30,34)/b19-16-. The van der Waals surface area contributed by atoms with Gasteiger partial charge < -0.3 is 24.3 Å². The van der Waals surface area contributed by atoms with Gasteiger partial charge in [-0.25, -0.2) is 0 Å². The molecule has 7 nitrogen and oxygen atoms in total. The Morgan fingerprint density at radius 1 is 1.00 bits per heavy atom. The van der Waals surface area contributed by atoms with Crippen molar-refractivity contribution < 1.29 is 19.1 Å². The molecule has 4 rings (SSSR count). The van der Waals surface area contributed by atoms with Gasteiger partial charge in [0.25, 0.3) is 0 Å². The number of aromatic nitrogens is 1. The molecule has 1 unspecified atom stereocenters. The van der Waals surface area contributed by atoms with E-state index in [-0.39, 0.29) is 18.4 Å². The van der Waals surface area contributed by atoms with Crippen molar-refractivity contribution >= 4 is 17.4 Å². The SMILES string of the molecule is COc1ccc(CN2C(=O)/C=C(/C)c3cccn3-c3ccccc3C2C(=O)NC(C)(C)C)cc1OC. The first-order valence-corrected chi connectivity index (χ1v) is 11.9. The van der Waals surface area contributed by atoms with Crippen LogP contribution >= 0.6 is 0 Å². The van der Waals surface area contributed by atoms with Crippen LogP contribution in [-0.2, 0) is 16.1 Å². The number of benzene rings is 2. The Morgan fingerprint density at radius 3 is 2.42 bits per heavy atom. The Labute approximate surface area is 212 Å². The van der Waals surface area contributed by atoms with Crippen LogP contribution in [0.3, 0.4) is 0 Å². The van der Waals surface area contributed by atoms with E-state index in [0.29, 0.717) is 11.5 Å². The van der Waals surface area contributed by atoms with E-state index in [9.17, 15) is 9.59 Å². The van der Waals surface area contributed by atoms with Gasteiger partial charge in [0, 0.05) is 35.6 Å². The number of hydrogen-bond donors (Lipinski definition) is 1. The fourth-order valence-corrected chi connectivity index (χ4v) is 4.55. The predicted molar refractivity (Wildman–Crippen MR) is 140 cm³/mol. The zero-order valence-electron chi connectivity index (χ0n) is 21.7. The molecule has 1 N–H and O–H groups in total. The fourth-order valence-electron chi connectivity index (χ4n) is 4.55. The number of rotatable bonds is 5. The summed E-state index contributed by atoms with van der Waals surface area (Å²) in [7, 11) is 3.15. The van der Waals surface area contributed by atoms with Gasteiger partial charge in [-0.15, -0.1) is 0 Å². The molecule has 1 aliphatic rings. The molecule has 0 radical (unpaired) electrons. The van der Waals surface area contributed by atoms with Gasteiger partial charge in [-0.1, -0.05) is 24.3 Å². The smallest absolute Gasteiger partial charge is 0.248 e. The lowest BCUT2D eigenvalue weighted by atomic mass is 9.99. The van der Waals surface area contributed by atoms with Gasteiger partial charge in [0.1, 0.15) is 6.04 Å². The maximum absolute atomic E-state index is 13.9. The molecule has 1 atom stereocenters. The lowest BCUT2D eigenvalue weighted by molar-refractivity contribution is -0.138. The monoisotopic (exact) mass is 487 g/mol. The first kappa shape index (κ1) is 25.1. The highest BCUT2D eigenvalue weighted by Gasteiger charge is 2.35. The molecule has 188 valence electrons. The van der Waals surface area contributed by atoms with Crippen molar-refractivity contribution in [1.82, 2.24) is 14.8 Å². The van der Waals surface area contributed by atoms with Gasteiger partial charge in [0.15, 0.2) is 11.5 Å². The van der Waals surface area contributed by atoms with Gasteiger partial charge >= 0.3 is 0 Å². The molecule has 2 amide bonds. The van der Waals surface area contributed by atoms with Crippen molar-refractivity contribution in [2.45, 2.75) is 45.8 Å². The number of allylic oxidation sites excluding steroid dienone is 1. The lowest BCUT2D eigenvalue weighted by Gasteiger charge is -2.34. The summed E-state index contributed by atoms with van der Waals surface area (Å²) in [6.45, 7) is 7.91. The maximum atomic E-state index is 13.9. The molecule has 36 heavy (non-hydrogen) atoms. The highest BCUT2D eigenvalue weighted by Crippen LogP contribution is 2.35. The third-order valence-corrected chi connectivity index (χ3v) is 6.13.